The van der Waals surface area contributed by atoms with Gasteiger partial charge in [-0.1, -0.05) is 46.3 Å². The summed E-state index contributed by atoms with van der Waals surface area (Å²) in [5, 5.41) is 118. The Bertz CT molecular complexity index is 1920. The number of carboxylic acids is 1. The molecule has 5 aliphatic carbocycles. The molecule has 0 aromatic rings. The molecule has 0 amide bonds. The van der Waals surface area contributed by atoms with Crippen molar-refractivity contribution in [3.8, 4) is 0 Å². The lowest BCUT2D eigenvalue weighted by Gasteiger charge is -2.71. The molecule has 8 rings (SSSR count). The summed E-state index contributed by atoms with van der Waals surface area (Å²) >= 11 is 0. The minimum absolute atomic E-state index is 0.125. The lowest BCUT2D eigenvalue weighted by molar-refractivity contribution is -0.385. The van der Waals surface area contributed by atoms with E-state index in [2.05, 4.69) is 40.7 Å². The number of aliphatic hydroxyl groups excluding tert-OH is 10. The molecule has 0 aromatic carbocycles. The van der Waals surface area contributed by atoms with Crippen LogP contribution in [-0.2, 0) is 42.7 Å². The summed E-state index contributed by atoms with van der Waals surface area (Å²) in [5.41, 5.74) is -1.75. The predicted octanol–water partition coefficient (Wildman–Crippen LogP) is -0.141. The number of aliphatic hydroxyl groups is 10. The summed E-state index contributed by atoms with van der Waals surface area (Å²) in [6.45, 7) is 11.0. The number of carbonyl (C=O) groups is 2. The first-order chi connectivity index (χ1) is 32.3. The molecule has 0 radical (unpaired) electrons. The molecule has 0 spiro atoms. The first-order valence-corrected chi connectivity index (χ1v) is 24.9. The van der Waals surface area contributed by atoms with E-state index in [1.807, 2.05) is 6.92 Å². The summed E-state index contributed by atoms with van der Waals surface area (Å²) in [4.78, 5) is 26.4. The van der Waals surface area contributed by atoms with Gasteiger partial charge in [0.1, 0.15) is 73.2 Å². The van der Waals surface area contributed by atoms with Gasteiger partial charge in [0.15, 0.2) is 18.9 Å². The Morgan fingerprint density at radius 3 is 1.68 bits per heavy atom. The maximum Gasteiger partial charge on any atom is 0.311 e. The molecule has 24 unspecified atom stereocenters. The van der Waals surface area contributed by atoms with Crippen LogP contribution in [0.5, 0.6) is 0 Å². The van der Waals surface area contributed by atoms with Crippen LogP contribution in [0.25, 0.3) is 0 Å². The van der Waals surface area contributed by atoms with Crippen LogP contribution in [0.15, 0.2) is 11.6 Å². The van der Waals surface area contributed by atoms with Gasteiger partial charge < -0.3 is 89.3 Å². The Morgan fingerprint density at radius 2 is 1.14 bits per heavy atom. The normalized spacial score (nSPS) is 52.8. The number of hydrogen-bond acceptors (Lipinski definition) is 19. The van der Waals surface area contributed by atoms with Crippen LogP contribution in [0.2, 0.25) is 0 Å². The molecule has 3 heterocycles. The topological polar surface area (TPSA) is 321 Å². The number of hydrogen-bond donors (Lipinski definition) is 11. The summed E-state index contributed by atoms with van der Waals surface area (Å²) in [6, 6.07) is 0. The van der Waals surface area contributed by atoms with E-state index in [-0.39, 0.29) is 40.0 Å². The largest absolute Gasteiger partial charge is 0.481 e. The standard InChI is InChI=1S/C49H78O20/c1-44(2)27-10-13-48(6)28(9-8-22-23-18-45(3,43(62)63-7)14-16-49(23,42(60)61)17-15-47(22,48)5)46(27,4)12-11-29(44)67-40-35(58)37(31(54)25(20-51)65-40)69-41-36(59)38(32(55)26(21-52)66-41)68-39-34(57)33(56)30(53)24(19-50)64-39/h8,23-41,50-59H,9-21H2,1-7H3,(H,60,61). The molecule has 20 nitrogen and oxygen atoms in total. The van der Waals surface area contributed by atoms with Crippen LogP contribution < -0.4 is 0 Å². The second kappa shape index (κ2) is 19.1. The fraction of sp³-hybridized carbons (Fsp3) is 0.918. The molecule has 394 valence electrons. The third kappa shape index (κ3) is 8.26. The Labute approximate surface area is 402 Å². The number of methoxy groups -OCH3 is 1. The second-order valence-electron chi connectivity index (χ2n) is 23.4. The first-order valence-electron chi connectivity index (χ1n) is 24.9. The fourth-order valence-corrected chi connectivity index (χ4v) is 15.4. The molecule has 4 saturated carbocycles. The first kappa shape index (κ1) is 53.3. The highest BCUT2D eigenvalue weighted by Crippen LogP contribution is 2.76. The number of fused-ring (bicyclic) bond motifs is 7. The summed E-state index contributed by atoms with van der Waals surface area (Å²) in [6.07, 6.45) is -17.2. The highest BCUT2D eigenvalue weighted by atomic mass is 16.8. The van der Waals surface area contributed by atoms with E-state index >= 15 is 0 Å². The van der Waals surface area contributed by atoms with E-state index < -0.39 is 140 Å². The van der Waals surface area contributed by atoms with E-state index in [0.29, 0.717) is 32.1 Å². The van der Waals surface area contributed by atoms with Gasteiger partial charge in [0.05, 0.1) is 43.9 Å². The van der Waals surface area contributed by atoms with Crippen LogP contribution in [0.4, 0.5) is 0 Å². The third-order valence-corrected chi connectivity index (χ3v) is 19.8. The second-order valence-corrected chi connectivity index (χ2v) is 23.4. The van der Waals surface area contributed by atoms with Gasteiger partial charge in [-0.05, 0) is 111 Å². The number of allylic oxidation sites excluding steroid dienone is 2. The van der Waals surface area contributed by atoms with Crippen molar-refractivity contribution in [2.24, 2.45) is 50.2 Å². The van der Waals surface area contributed by atoms with Crippen LogP contribution in [0, 0.1) is 50.2 Å². The third-order valence-electron chi connectivity index (χ3n) is 19.8. The van der Waals surface area contributed by atoms with Gasteiger partial charge in [-0.2, -0.15) is 0 Å². The monoisotopic (exact) mass is 987 g/mol. The molecule has 0 aromatic heterocycles. The molecule has 3 aliphatic heterocycles. The Hall–Kier alpha value is -1.96. The van der Waals surface area contributed by atoms with Crippen molar-refractivity contribution in [3.63, 3.8) is 0 Å². The van der Waals surface area contributed by atoms with Crippen LogP contribution in [0.1, 0.15) is 106 Å². The van der Waals surface area contributed by atoms with Crippen molar-refractivity contribution in [2.75, 3.05) is 26.9 Å². The van der Waals surface area contributed by atoms with Crippen molar-refractivity contribution in [1.82, 2.24) is 0 Å². The van der Waals surface area contributed by atoms with Crippen molar-refractivity contribution in [1.29, 1.82) is 0 Å². The van der Waals surface area contributed by atoms with Crippen molar-refractivity contribution in [3.05, 3.63) is 11.6 Å². The van der Waals surface area contributed by atoms with E-state index in [0.717, 1.165) is 32.1 Å². The Morgan fingerprint density at radius 1 is 0.623 bits per heavy atom. The average Bonchev–Trinajstić information content (AvgIpc) is 3.31. The molecule has 69 heavy (non-hydrogen) atoms. The smallest absolute Gasteiger partial charge is 0.311 e. The molecule has 24 atom stereocenters. The molecular formula is C49H78O20. The number of rotatable bonds is 11. The average molecular weight is 987 g/mol. The van der Waals surface area contributed by atoms with Crippen molar-refractivity contribution >= 4 is 11.9 Å². The SMILES string of the molecule is COC(=O)C1(C)CCC2(C(=O)O)CCC3(C)C(=CCC4C5(C)CCC(OC6OC(CO)C(O)C(OC7OC(CO)C(O)C(OC8OC(CO)C(O)C(O)C8O)C7O)C6O)C(C)(C)C5CCC43C)C2C1. The maximum atomic E-state index is 13.2. The number of carboxylic acid groups (broad SMARTS) is 1. The Kier molecular flexibility index (Phi) is 14.7. The molecule has 0 bridgehead atoms. The molecule has 8 aliphatic rings. The number of aliphatic carboxylic acids is 1. The van der Waals surface area contributed by atoms with Crippen LogP contribution in [-0.4, -0.2) is 193 Å². The van der Waals surface area contributed by atoms with E-state index in [9.17, 15) is 65.8 Å². The Balaban J connectivity index is 1.00. The molecule has 3 saturated heterocycles. The quantitative estimate of drug-likeness (QED) is 0.0729. The highest BCUT2D eigenvalue weighted by Gasteiger charge is 2.70. The molecular weight excluding hydrogens is 909 g/mol. The number of ether oxygens (including phenoxy) is 7. The minimum Gasteiger partial charge on any atom is -0.481 e. The zero-order valence-corrected chi connectivity index (χ0v) is 40.8. The van der Waals surface area contributed by atoms with Crippen LogP contribution >= 0.6 is 0 Å². The molecule has 11 N–H and O–H groups in total. The van der Waals surface area contributed by atoms with Crippen molar-refractivity contribution < 1.29 is 98.9 Å². The zero-order valence-electron chi connectivity index (χ0n) is 40.8. The molecule has 20 heteroatoms. The maximum absolute atomic E-state index is 13.2. The van der Waals surface area contributed by atoms with Gasteiger partial charge in [-0.25, -0.2) is 0 Å². The lowest BCUT2D eigenvalue weighted by atomic mass is 9.33. The fourth-order valence-electron chi connectivity index (χ4n) is 15.4. The number of esters is 1. The molecule has 7 fully saturated rings. The number of carbonyl (C=O) groups excluding carboxylic acids is 1. The summed E-state index contributed by atoms with van der Waals surface area (Å²) < 4.78 is 40.9. The van der Waals surface area contributed by atoms with E-state index in [1.54, 1.807) is 0 Å². The minimum atomic E-state index is -1.96. The lowest BCUT2D eigenvalue weighted by Crippen LogP contribution is -2.67. The zero-order chi connectivity index (χ0) is 50.6. The summed E-state index contributed by atoms with van der Waals surface area (Å²) in [5.74, 6) is -1.04. The van der Waals surface area contributed by atoms with Gasteiger partial charge in [0.2, 0.25) is 0 Å². The van der Waals surface area contributed by atoms with Gasteiger partial charge in [0.25, 0.3) is 0 Å². The van der Waals surface area contributed by atoms with Gasteiger partial charge >= 0.3 is 11.9 Å². The summed E-state index contributed by atoms with van der Waals surface area (Å²) in [7, 11) is 1.39. The van der Waals surface area contributed by atoms with E-state index in [1.165, 1.54) is 12.7 Å². The van der Waals surface area contributed by atoms with Crippen LogP contribution in [0.3, 0.4) is 0 Å². The van der Waals surface area contributed by atoms with E-state index in [4.69, 9.17) is 33.2 Å². The van der Waals surface area contributed by atoms with Gasteiger partial charge in [0, 0.05) is 0 Å². The van der Waals surface area contributed by atoms with Gasteiger partial charge in [-0.15, -0.1) is 0 Å². The predicted molar refractivity (Wildman–Crippen MR) is 237 cm³/mol. The highest BCUT2D eigenvalue weighted by molar-refractivity contribution is 5.80. The van der Waals surface area contributed by atoms with Gasteiger partial charge in [-0.3, -0.25) is 9.59 Å². The van der Waals surface area contributed by atoms with Crippen molar-refractivity contribution in [2.45, 2.75) is 204 Å².